The van der Waals surface area contributed by atoms with Crippen LogP contribution in [0.15, 0.2) is 40.3 Å². The normalized spacial score (nSPS) is 20.0. The number of rotatable bonds is 4. The molecule has 1 saturated carbocycles. The third-order valence-electron chi connectivity index (χ3n) is 4.54. The summed E-state index contributed by atoms with van der Waals surface area (Å²) in [7, 11) is 0. The molecular formula is C19H28N2OS. The quantitative estimate of drug-likeness (QED) is 0.631. The second-order valence-corrected chi connectivity index (χ2v) is 8.78. The van der Waals surface area contributed by atoms with Crippen molar-refractivity contribution in [3.8, 4) is 0 Å². The van der Waals surface area contributed by atoms with E-state index in [1.165, 1.54) is 12.8 Å². The Kier molecular flexibility index (Phi) is 6.28. The highest BCUT2D eigenvalue weighted by molar-refractivity contribution is 8.00. The molecule has 0 bridgehead atoms. The molecule has 1 N–H and O–H groups in total. The van der Waals surface area contributed by atoms with E-state index in [-0.39, 0.29) is 11.2 Å². The van der Waals surface area contributed by atoms with Crippen LogP contribution in [0, 0.1) is 11.3 Å². The Morgan fingerprint density at radius 1 is 1.22 bits per heavy atom. The van der Waals surface area contributed by atoms with Crippen LogP contribution in [0.3, 0.4) is 0 Å². The van der Waals surface area contributed by atoms with Crippen LogP contribution in [-0.4, -0.2) is 16.9 Å². The highest BCUT2D eigenvalue weighted by atomic mass is 32.2. The van der Waals surface area contributed by atoms with E-state index < -0.39 is 0 Å². The second-order valence-electron chi connectivity index (χ2n) is 7.37. The fraction of sp³-hybridized carbons (Fsp3) is 0.579. The van der Waals surface area contributed by atoms with Crippen LogP contribution in [0.2, 0.25) is 0 Å². The maximum absolute atomic E-state index is 12.2. The average Bonchev–Trinajstić information content (AvgIpc) is 2.53. The second kappa shape index (κ2) is 8.00. The predicted molar refractivity (Wildman–Crippen MR) is 98.8 cm³/mol. The molecule has 0 radical (unpaired) electrons. The standard InChI is InChI=1S/C19H28N2OS/c1-14(23-17-8-6-5-7-9-17)18(22)21-20-16-12-10-15(11-13-16)19(2,3)4/h5-9,14-15H,10-13H2,1-4H3,(H,21,22). The van der Waals surface area contributed by atoms with Crippen molar-refractivity contribution >= 4 is 23.4 Å². The summed E-state index contributed by atoms with van der Waals surface area (Å²) in [5, 5.41) is 4.22. The lowest BCUT2D eigenvalue weighted by molar-refractivity contribution is -0.120. The molecular weight excluding hydrogens is 304 g/mol. The third kappa shape index (κ3) is 5.69. The van der Waals surface area contributed by atoms with Crippen molar-refractivity contribution in [1.82, 2.24) is 5.43 Å². The first-order valence-electron chi connectivity index (χ1n) is 8.43. The molecule has 3 nitrogen and oxygen atoms in total. The Labute approximate surface area is 144 Å². The van der Waals surface area contributed by atoms with Crippen LogP contribution >= 0.6 is 11.8 Å². The molecule has 1 atom stereocenters. The van der Waals surface area contributed by atoms with Gasteiger partial charge in [-0.2, -0.15) is 5.10 Å². The van der Waals surface area contributed by atoms with Crippen LogP contribution in [0.25, 0.3) is 0 Å². The maximum atomic E-state index is 12.2. The van der Waals surface area contributed by atoms with E-state index in [1.807, 2.05) is 37.3 Å². The zero-order valence-corrected chi connectivity index (χ0v) is 15.5. The summed E-state index contributed by atoms with van der Waals surface area (Å²) >= 11 is 1.56. The topological polar surface area (TPSA) is 41.5 Å². The summed E-state index contributed by atoms with van der Waals surface area (Å²) in [6, 6.07) is 10.00. The Morgan fingerprint density at radius 2 is 1.83 bits per heavy atom. The Bertz CT molecular complexity index is 538. The van der Waals surface area contributed by atoms with E-state index in [4.69, 9.17) is 0 Å². The fourth-order valence-corrected chi connectivity index (χ4v) is 3.79. The molecule has 0 spiro atoms. The molecule has 1 aromatic carbocycles. The number of amides is 1. The van der Waals surface area contributed by atoms with Crippen LogP contribution in [0.1, 0.15) is 53.4 Å². The minimum Gasteiger partial charge on any atom is -0.272 e. The first-order valence-corrected chi connectivity index (χ1v) is 9.31. The van der Waals surface area contributed by atoms with Gasteiger partial charge in [-0.05, 0) is 56.1 Å². The molecule has 1 aliphatic carbocycles. The summed E-state index contributed by atoms with van der Waals surface area (Å²) < 4.78 is 0. The van der Waals surface area contributed by atoms with Gasteiger partial charge in [0.25, 0.3) is 5.91 Å². The van der Waals surface area contributed by atoms with Gasteiger partial charge >= 0.3 is 0 Å². The highest BCUT2D eigenvalue weighted by Crippen LogP contribution is 2.36. The van der Waals surface area contributed by atoms with E-state index in [0.717, 1.165) is 29.4 Å². The van der Waals surface area contributed by atoms with Gasteiger partial charge in [0, 0.05) is 10.6 Å². The van der Waals surface area contributed by atoms with Crippen LogP contribution in [0.5, 0.6) is 0 Å². The van der Waals surface area contributed by atoms with E-state index in [0.29, 0.717) is 5.41 Å². The largest absolute Gasteiger partial charge is 0.272 e. The van der Waals surface area contributed by atoms with Crippen molar-refractivity contribution < 1.29 is 4.79 Å². The van der Waals surface area contributed by atoms with Crippen molar-refractivity contribution in [3.63, 3.8) is 0 Å². The number of hydrogen-bond donors (Lipinski definition) is 1. The van der Waals surface area contributed by atoms with Gasteiger partial charge in [-0.15, -0.1) is 11.8 Å². The van der Waals surface area contributed by atoms with Gasteiger partial charge in [0.05, 0.1) is 5.25 Å². The van der Waals surface area contributed by atoms with Gasteiger partial charge in [0.1, 0.15) is 0 Å². The summed E-state index contributed by atoms with van der Waals surface area (Å²) in [5.74, 6) is 0.731. The minimum absolute atomic E-state index is 0.0238. The summed E-state index contributed by atoms with van der Waals surface area (Å²) in [5.41, 5.74) is 4.26. The lowest BCUT2D eigenvalue weighted by Gasteiger charge is -2.34. The van der Waals surface area contributed by atoms with E-state index in [1.54, 1.807) is 11.8 Å². The lowest BCUT2D eigenvalue weighted by Crippen LogP contribution is -2.30. The SMILES string of the molecule is CC(Sc1ccccc1)C(=O)NN=C1CCC(C(C)(C)C)CC1. The number of hydrazone groups is 1. The van der Waals surface area contributed by atoms with Crippen molar-refractivity contribution in [2.45, 2.75) is 63.5 Å². The van der Waals surface area contributed by atoms with E-state index >= 15 is 0 Å². The number of thioether (sulfide) groups is 1. The summed E-state index contributed by atoms with van der Waals surface area (Å²) in [4.78, 5) is 13.3. The molecule has 0 heterocycles. The zero-order chi connectivity index (χ0) is 16.9. The molecule has 1 aliphatic rings. The number of carbonyl (C=O) groups is 1. The van der Waals surface area contributed by atoms with Crippen LogP contribution < -0.4 is 5.43 Å². The van der Waals surface area contributed by atoms with Gasteiger partial charge in [0.2, 0.25) is 0 Å². The monoisotopic (exact) mass is 332 g/mol. The molecule has 2 rings (SSSR count). The molecule has 1 unspecified atom stereocenters. The molecule has 1 aromatic rings. The predicted octanol–water partition coefficient (Wildman–Crippen LogP) is 4.88. The maximum Gasteiger partial charge on any atom is 0.253 e. The summed E-state index contributed by atoms with van der Waals surface area (Å²) in [6.45, 7) is 8.85. The Balaban J connectivity index is 1.80. The van der Waals surface area contributed by atoms with Gasteiger partial charge in [0.15, 0.2) is 0 Å². The smallest absolute Gasteiger partial charge is 0.253 e. The lowest BCUT2D eigenvalue weighted by atomic mass is 9.72. The van der Waals surface area contributed by atoms with E-state index in [9.17, 15) is 4.79 Å². The Hall–Kier alpha value is -1.29. The van der Waals surface area contributed by atoms with Crippen molar-refractivity contribution in [1.29, 1.82) is 0 Å². The number of nitrogens with one attached hydrogen (secondary N) is 1. The fourth-order valence-electron chi connectivity index (χ4n) is 2.91. The van der Waals surface area contributed by atoms with Gasteiger partial charge in [-0.3, -0.25) is 4.79 Å². The number of nitrogens with zero attached hydrogens (tertiary/aromatic N) is 1. The van der Waals surface area contributed by atoms with Crippen LogP contribution in [0.4, 0.5) is 0 Å². The average molecular weight is 333 g/mol. The molecule has 23 heavy (non-hydrogen) atoms. The minimum atomic E-state index is -0.146. The molecule has 1 amide bonds. The van der Waals surface area contributed by atoms with Crippen molar-refractivity contribution in [2.24, 2.45) is 16.4 Å². The molecule has 0 aliphatic heterocycles. The molecule has 126 valence electrons. The summed E-state index contributed by atoms with van der Waals surface area (Å²) in [6.07, 6.45) is 4.35. The molecule has 1 fully saturated rings. The van der Waals surface area contributed by atoms with Gasteiger partial charge in [-0.1, -0.05) is 39.0 Å². The molecule has 4 heteroatoms. The van der Waals surface area contributed by atoms with Crippen molar-refractivity contribution in [2.75, 3.05) is 0 Å². The molecule has 0 saturated heterocycles. The zero-order valence-electron chi connectivity index (χ0n) is 14.6. The number of carbonyl (C=O) groups excluding carboxylic acids is 1. The van der Waals surface area contributed by atoms with E-state index in [2.05, 4.69) is 31.3 Å². The highest BCUT2D eigenvalue weighted by Gasteiger charge is 2.28. The molecule has 0 aromatic heterocycles. The third-order valence-corrected chi connectivity index (χ3v) is 5.65. The first kappa shape index (κ1) is 18.1. The number of benzene rings is 1. The number of hydrogen-bond acceptors (Lipinski definition) is 3. The van der Waals surface area contributed by atoms with Crippen molar-refractivity contribution in [3.05, 3.63) is 30.3 Å². The van der Waals surface area contributed by atoms with Gasteiger partial charge in [-0.25, -0.2) is 5.43 Å². The Morgan fingerprint density at radius 3 is 2.39 bits per heavy atom. The van der Waals surface area contributed by atoms with Gasteiger partial charge < -0.3 is 0 Å². The first-order chi connectivity index (χ1) is 10.9. The van der Waals surface area contributed by atoms with Crippen LogP contribution in [-0.2, 0) is 4.79 Å².